The zero-order valence-corrected chi connectivity index (χ0v) is 10.8. The van der Waals surface area contributed by atoms with Gasteiger partial charge in [-0.3, -0.25) is 14.9 Å². The van der Waals surface area contributed by atoms with Gasteiger partial charge < -0.3 is 0 Å². The minimum atomic E-state index is -0.500. The Hall–Kier alpha value is -0.870. The van der Waals surface area contributed by atoms with Gasteiger partial charge in [0.25, 0.3) is 0 Å². The second-order valence-corrected chi connectivity index (χ2v) is 5.16. The molecule has 1 aliphatic heterocycles. The number of imide groups is 1. The number of hydrogen-bond donors (Lipinski definition) is 1. The van der Waals surface area contributed by atoms with E-state index in [1.54, 1.807) is 18.2 Å². The molecule has 0 radical (unpaired) electrons. The van der Waals surface area contributed by atoms with Gasteiger partial charge in [0.1, 0.15) is 4.83 Å². The summed E-state index contributed by atoms with van der Waals surface area (Å²) in [7, 11) is 0. The average Bonchev–Trinajstić information content (AvgIpc) is 2.43. The molecule has 2 amide bonds. The molecule has 1 N–H and O–H groups in total. The quantitative estimate of drug-likeness (QED) is 0.638. The number of rotatable bonds is 1. The fourth-order valence-corrected chi connectivity index (χ4v) is 2.71. The first kappa shape index (κ1) is 11.6. The van der Waals surface area contributed by atoms with Gasteiger partial charge in [-0.25, -0.2) is 0 Å². The highest BCUT2D eigenvalue weighted by Gasteiger charge is 2.41. The van der Waals surface area contributed by atoms with Crippen molar-refractivity contribution in [2.24, 2.45) is 0 Å². The van der Waals surface area contributed by atoms with Crippen molar-refractivity contribution in [3.63, 3.8) is 0 Å². The minimum absolute atomic E-state index is 0.266. The zero-order valence-electron chi connectivity index (χ0n) is 8.46. The molecule has 2 unspecified atom stereocenters. The molecule has 3 nitrogen and oxygen atoms in total. The highest BCUT2D eigenvalue weighted by Crippen LogP contribution is 2.32. The summed E-state index contributed by atoms with van der Waals surface area (Å²) >= 11 is 9.08. The second kappa shape index (κ2) is 4.18. The summed E-state index contributed by atoms with van der Waals surface area (Å²) in [6.45, 7) is 1.87. The van der Waals surface area contributed by atoms with E-state index >= 15 is 0 Å². The summed E-state index contributed by atoms with van der Waals surface area (Å²) in [5.41, 5.74) is 1.74. The average molecular weight is 303 g/mol. The van der Waals surface area contributed by atoms with E-state index in [4.69, 9.17) is 11.6 Å². The molecule has 2 rings (SSSR count). The maximum Gasteiger partial charge on any atom is 0.241 e. The van der Waals surface area contributed by atoms with Gasteiger partial charge in [-0.1, -0.05) is 33.6 Å². The fraction of sp³-hybridized carbons (Fsp3) is 0.273. The Kier molecular flexibility index (Phi) is 3.04. The first-order chi connectivity index (χ1) is 7.50. The third-order valence-electron chi connectivity index (χ3n) is 2.64. The fourth-order valence-electron chi connectivity index (χ4n) is 1.84. The smallest absolute Gasteiger partial charge is 0.241 e. The van der Waals surface area contributed by atoms with Crippen LogP contribution in [0.1, 0.15) is 17.0 Å². The van der Waals surface area contributed by atoms with Crippen molar-refractivity contribution < 1.29 is 9.59 Å². The van der Waals surface area contributed by atoms with Crippen molar-refractivity contribution in [1.29, 1.82) is 0 Å². The number of hydrogen-bond acceptors (Lipinski definition) is 2. The Morgan fingerprint density at radius 3 is 2.50 bits per heavy atom. The van der Waals surface area contributed by atoms with E-state index in [1.807, 2.05) is 6.92 Å². The van der Waals surface area contributed by atoms with Crippen molar-refractivity contribution in [1.82, 2.24) is 5.32 Å². The van der Waals surface area contributed by atoms with Crippen molar-refractivity contribution in [2.45, 2.75) is 17.7 Å². The van der Waals surface area contributed by atoms with Gasteiger partial charge in [0.05, 0.1) is 5.92 Å². The third kappa shape index (κ3) is 1.87. The molecule has 1 heterocycles. The van der Waals surface area contributed by atoms with Crippen LogP contribution in [0.5, 0.6) is 0 Å². The van der Waals surface area contributed by atoms with Crippen LogP contribution in [0.3, 0.4) is 0 Å². The maximum atomic E-state index is 11.6. The van der Waals surface area contributed by atoms with E-state index < -0.39 is 10.7 Å². The van der Waals surface area contributed by atoms with Crippen LogP contribution >= 0.6 is 27.5 Å². The lowest BCUT2D eigenvalue weighted by atomic mass is 9.93. The Balaban J connectivity index is 2.44. The molecule has 0 spiro atoms. The third-order valence-corrected chi connectivity index (χ3v) is 3.82. The molecule has 5 heteroatoms. The van der Waals surface area contributed by atoms with E-state index in [2.05, 4.69) is 21.2 Å². The van der Waals surface area contributed by atoms with Gasteiger partial charge in [0, 0.05) is 5.02 Å². The van der Waals surface area contributed by atoms with Crippen LogP contribution in [-0.2, 0) is 9.59 Å². The van der Waals surface area contributed by atoms with Crippen LogP contribution in [-0.4, -0.2) is 16.6 Å². The molecular weight excluding hydrogens is 293 g/mol. The topological polar surface area (TPSA) is 46.2 Å². The Labute approximate surface area is 106 Å². The molecule has 2 atom stereocenters. The molecule has 0 aromatic heterocycles. The van der Waals surface area contributed by atoms with Crippen LogP contribution in [0.2, 0.25) is 5.02 Å². The van der Waals surface area contributed by atoms with Crippen molar-refractivity contribution in [2.75, 3.05) is 0 Å². The highest BCUT2D eigenvalue weighted by molar-refractivity contribution is 9.10. The monoisotopic (exact) mass is 301 g/mol. The van der Waals surface area contributed by atoms with Crippen LogP contribution in [0.4, 0.5) is 0 Å². The van der Waals surface area contributed by atoms with Gasteiger partial charge in [0.2, 0.25) is 11.8 Å². The normalized spacial score (nSPS) is 24.7. The molecule has 1 aromatic carbocycles. The van der Waals surface area contributed by atoms with Gasteiger partial charge in [0.15, 0.2) is 0 Å². The molecule has 84 valence electrons. The lowest BCUT2D eigenvalue weighted by Crippen LogP contribution is -2.22. The minimum Gasteiger partial charge on any atom is -0.295 e. The Morgan fingerprint density at radius 2 is 2.00 bits per heavy atom. The van der Waals surface area contributed by atoms with Crippen LogP contribution in [0, 0.1) is 6.92 Å². The van der Waals surface area contributed by atoms with Gasteiger partial charge >= 0.3 is 0 Å². The molecule has 0 aliphatic carbocycles. The van der Waals surface area contributed by atoms with Crippen LogP contribution in [0.25, 0.3) is 0 Å². The lowest BCUT2D eigenvalue weighted by Gasteiger charge is -2.13. The number of aryl methyl sites for hydroxylation is 1. The van der Waals surface area contributed by atoms with Gasteiger partial charge in [-0.05, 0) is 30.2 Å². The van der Waals surface area contributed by atoms with Crippen molar-refractivity contribution in [3.05, 3.63) is 34.3 Å². The Bertz CT molecular complexity index is 475. The number of benzene rings is 1. The van der Waals surface area contributed by atoms with E-state index in [1.165, 1.54) is 0 Å². The Morgan fingerprint density at radius 1 is 1.31 bits per heavy atom. The SMILES string of the molecule is Cc1cc(Cl)ccc1C1C(=O)NC(=O)C1Br. The number of carbonyl (C=O) groups excluding carboxylic acids is 2. The number of halogens is 2. The molecule has 0 saturated carbocycles. The summed E-state index contributed by atoms with van der Waals surface area (Å²) in [5.74, 6) is -1.02. The summed E-state index contributed by atoms with van der Waals surface area (Å²) in [5, 5.41) is 2.92. The zero-order chi connectivity index (χ0) is 11.9. The molecule has 16 heavy (non-hydrogen) atoms. The summed E-state index contributed by atoms with van der Waals surface area (Å²) in [6.07, 6.45) is 0. The number of nitrogens with one attached hydrogen (secondary N) is 1. The molecule has 0 bridgehead atoms. The summed E-state index contributed by atoms with van der Waals surface area (Å²) < 4.78 is 0. The lowest BCUT2D eigenvalue weighted by molar-refractivity contribution is -0.125. The van der Waals surface area contributed by atoms with E-state index in [0.717, 1.165) is 11.1 Å². The molecular formula is C11H9BrClNO2. The predicted molar refractivity (Wildman–Crippen MR) is 64.8 cm³/mol. The number of carbonyl (C=O) groups is 2. The summed E-state index contributed by atoms with van der Waals surface area (Å²) in [6, 6.07) is 5.29. The predicted octanol–water partition coefficient (Wildman–Crippen LogP) is 2.15. The van der Waals surface area contributed by atoms with Gasteiger partial charge in [-0.15, -0.1) is 0 Å². The molecule has 1 aliphatic rings. The molecule has 1 fully saturated rings. The highest BCUT2D eigenvalue weighted by atomic mass is 79.9. The largest absolute Gasteiger partial charge is 0.295 e. The van der Waals surface area contributed by atoms with E-state index in [9.17, 15) is 9.59 Å². The standard InChI is InChI=1S/C11H9BrClNO2/c1-5-4-6(13)2-3-7(5)8-9(12)11(16)14-10(8)15/h2-4,8-9H,1H3,(H,14,15,16). The number of alkyl halides is 1. The molecule has 1 aromatic rings. The molecule has 1 saturated heterocycles. The first-order valence-corrected chi connectivity index (χ1v) is 6.05. The second-order valence-electron chi connectivity index (χ2n) is 3.73. The van der Waals surface area contributed by atoms with Crippen LogP contribution in [0.15, 0.2) is 18.2 Å². The summed E-state index contributed by atoms with van der Waals surface area (Å²) in [4.78, 5) is 22.5. The van der Waals surface area contributed by atoms with E-state index in [0.29, 0.717) is 5.02 Å². The van der Waals surface area contributed by atoms with Crippen molar-refractivity contribution in [3.8, 4) is 0 Å². The van der Waals surface area contributed by atoms with E-state index in [-0.39, 0.29) is 11.8 Å². The van der Waals surface area contributed by atoms with Gasteiger partial charge in [-0.2, -0.15) is 0 Å². The van der Waals surface area contributed by atoms with Crippen molar-refractivity contribution >= 4 is 39.3 Å². The van der Waals surface area contributed by atoms with Crippen LogP contribution < -0.4 is 5.32 Å². The first-order valence-electron chi connectivity index (χ1n) is 4.75. The number of amides is 2. The maximum absolute atomic E-state index is 11.6.